The maximum absolute atomic E-state index is 11.9. The van der Waals surface area contributed by atoms with Crippen LogP contribution in [0.4, 0.5) is 0 Å². The zero-order valence-corrected chi connectivity index (χ0v) is 11.2. The normalized spacial score (nSPS) is 17.8. The highest BCUT2D eigenvalue weighted by atomic mass is 16.5. The van der Waals surface area contributed by atoms with E-state index < -0.39 is 12.0 Å². The average molecular weight is 273 g/mol. The first-order valence-corrected chi connectivity index (χ1v) is 6.36. The Morgan fingerprint density at radius 3 is 2.60 bits per heavy atom. The van der Waals surface area contributed by atoms with Gasteiger partial charge in [0.05, 0.1) is 25.7 Å². The van der Waals surface area contributed by atoms with Crippen molar-refractivity contribution in [2.45, 2.75) is 25.3 Å². The van der Waals surface area contributed by atoms with Crippen molar-refractivity contribution in [3.05, 3.63) is 35.9 Å². The van der Waals surface area contributed by atoms with E-state index >= 15 is 0 Å². The number of methoxy groups -OCH3 is 1. The van der Waals surface area contributed by atoms with Gasteiger partial charge in [0, 0.05) is 6.42 Å². The van der Waals surface area contributed by atoms with Gasteiger partial charge in [-0.2, -0.15) is 0 Å². The van der Waals surface area contributed by atoms with E-state index in [9.17, 15) is 14.4 Å². The van der Waals surface area contributed by atoms with E-state index in [0.717, 1.165) is 5.56 Å². The molecule has 104 valence electrons. The Bertz CT molecular complexity index is 562. The minimum atomic E-state index is -0.963. The minimum Gasteiger partial charge on any atom is -0.469 e. The van der Waals surface area contributed by atoms with Crippen LogP contribution in [0.1, 0.15) is 24.8 Å². The van der Waals surface area contributed by atoms with Gasteiger partial charge in [-0.05, 0) is 5.56 Å². The smallest absolute Gasteiger partial charge is 0.305 e. The van der Waals surface area contributed by atoms with Crippen LogP contribution in [0, 0.1) is 0 Å². The second-order valence-corrected chi connectivity index (χ2v) is 4.53. The molecule has 0 saturated carbocycles. The van der Waals surface area contributed by atoms with Crippen molar-refractivity contribution in [1.29, 1.82) is 0 Å². The van der Waals surface area contributed by atoms with Crippen LogP contribution in [0.15, 0.2) is 35.3 Å². The van der Waals surface area contributed by atoms with E-state index in [0.29, 0.717) is 5.71 Å². The van der Waals surface area contributed by atoms with Gasteiger partial charge in [-0.25, -0.2) is 0 Å². The van der Waals surface area contributed by atoms with E-state index in [1.807, 2.05) is 30.3 Å². The molecule has 1 aliphatic heterocycles. The third kappa shape index (κ3) is 3.17. The molecule has 1 aromatic rings. The quantitative estimate of drug-likeness (QED) is 0.599. The van der Waals surface area contributed by atoms with Crippen molar-refractivity contribution >= 4 is 23.2 Å². The Hall–Kier alpha value is -2.30. The fourth-order valence-corrected chi connectivity index (χ4v) is 2.06. The van der Waals surface area contributed by atoms with Gasteiger partial charge >= 0.3 is 5.97 Å². The van der Waals surface area contributed by atoms with E-state index in [1.54, 1.807) is 0 Å². The number of benzene rings is 1. The summed E-state index contributed by atoms with van der Waals surface area (Å²) in [4.78, 5) is 39.0. The van der Waals surface area contributed by atoms with Crippen molar-refractivity contribution in [3.8, 4) is 0 Å². The summed E-state index contributed by atoms with van der Waals surface area (Å²) in [7, 11) is 1.26. The third-order valence-corrected chi connectivity index (χ3v) is 3.15. The Balaban J connectivity index is 2.05. The van der Waals surface area contributed by atoms with Gasteiger partial charge in [-0.15, -0.1) is 0 Å². The Labute approximate surface area is 116 Å². The molecule has 0 spiro atoms. The Kier molecular flexibility index (Phi) is 4.40. The van der Waals surface area contributed by atoms with Gasteiger partial charge in [0.2, 0.25) is 0 Å². The molecule has 0 aliphatic carbocycles. The number of rotatable bonds is 5. The largest absolute Gasteiger partial charge is 0.469 e. The molecule has 0 amide bonds. The number of ether oxygens (including phenoxy) is 1. The zero-order chi connectivity index (χ0) is 14.5. The van der Waals surface area contributed by atoms with E-state index in [4.69, 9.17) is 0 Å². The Morgan fingerprint density at radius 2 is 1.95 bits per heavy atom. The molecule has 0 fully saturated rings. The number of aliphatic imine (C=N–C) groups is 1. The van der Waals surface area contributed by atoms with Crippen molar-refractivity contribution in [2.75, 3.05) is 7.11 Å². The van der Waals surface area contributed by atoms with E-state index in [2.05, 4.69) is 9.73 Å². The summed E-state index contributed by atoms with van der Waals surface area (Å²) in [5, 5.41) is 0. The number of Topliss-reactive ketones (excluding diaryl/α,β-unsaturated/α-hetero) is 2. The fraction of sp³-hybridized carbons (Fsp3) is 0.333. The summed E-state index contributed by atoms with van der Waals surface area (Å²) in [6, 6.07) is 8.33. The second kappa shape index (κ2) is 6.23. The lowest BCUT2D eigenvalue weighted by molar-refractivity contribution is -0.142. The standard InChI is InChI=1S/C15H15NO4/c1-20-14(19)8-7-12(17)15-13(18)9-11(16-15)10-5-3-2-4-6-10/h2-6,15H,7-9H2,1H3/t15-/m1/s1. The van der Waals surface area contributed by atoms with E-state index in [-0.39, 0.29) is 30.8 Å². The molecule has 0 aromatic heterocycles. The van der Waals surface area contributed by atoms with Gasteiger partial charge in [-0.3, -0.25) is 19.4 Å². The van der Waals surface area contributed by atoms with Gasteiger partial charge in [0.1, 0.15) is 0 Å². The lowest BCUT2D eigenvalue weighted by Gasteiger charge is -2.03. The third-order valence-electron chi connectivity index (χ3n) is 3.15. The van der Waals surface area contributed by atoms with Crippen molar-refractivity contribution in [1.82, 2.24) is 0 Å². The molecule has 1 heterocycles. The number of nitrogens with zero attached hydrogens (tertiary/aromatic N) is 1. The summed E-state index contributed by atoms with van der Waals surface area (Å²) < 4.78 is 4.47. The molecule has 0 bridgehead atoms. The molecule has 0 unspecified atom stereocenters. The molecule has 1 atom stereocenters. The first kappa shape index (κ1) is 14.1. The maximum Gasteiger partial charge on any atom is 0.305 e. The Morgan fingerprint density at radius 1 is 1.25 bits per heavy atom. The molecular weight excluding hydrogens is 258 g/mol. The van der Waals surface area contributed by atoms with Crippen molar-refractivity contribution in [3.63, 3.8) is 0 Å². The molecule has 1 aliphatic rings. The number of hydrogen-bond donors (Lipinski definition) is 0. The van der Waals surface area contributed by atoms with E-state index in [1.165, 1.54) is 7.11 Å². The summed E-state index contributed by atoms with van der Waals surface area (Å²) >= 11 is 0. The van der Waals surface area contributed by atoms with Crippen LogP contribution in [-0.2, 0) is 19.1 Å². The molecule has 0 saturated heterocycles. The highest BCUT2D eigenvalue weighted by molar-refractivity contribution is 6.23. The minimum absolute atomic E-state index is 0.0185. The van der Waals surface area contributed by atoms with Crippen LogP contribution >= 0.6 is 0 Å². The predicted octanol–water partition coefficient (Wildman–Crippen LogP) is 1.34. The molecule has 20 heavy (non-hydrogen) atoms. The molecule has 2 rings (SSSR count). The van der Waals surface area contributed by atoms with Crippen LogP contribution in [0.2, 0.25) is 0 Å². The first-order valence-electron chi connectivity index (χ1n) is 6.36. The summed E-state index contributed by atoms with van der Waals surface area (Å²) in [6.45, 7) is 0. The second-order valence-electron chi connectivity index (χ2n) is 4.53. The summed E-state index contributed by atoms with van der Waals surface area (Å²) in [6.07, 6.45) is 0.128. The lowest BCUT2D eigenvalue weighted by Crippen LogP contribution is -2.25. The van der Waals surface area contributed by atoms with Gasteiger partial charge in [0.15, 0.2) is 17.6 Å². The predicted molar refractivity (Wildman–Crippen MR) is 72.6 cm³/mol. The first-order chi connectivity index (χ1) is 9.61. The van der Waals surface area contributed by atoms with Crippen LogP contribution in [0.5, 0.6) is 0 Å². The molecule has 5 heteroatoms. The van der Waals surface area contributed by atoms with Crippen molar-refractivity contribution in [2.24, 2.45) is 4.99 Å². The number of carbonyl (C=O) groups excluding carboxylic acids is 3. The molecule has 1 aromatic carbocycles. The number of ketones is 2. The number of esters is 1. The molecule has 0 radical (unpaired) electrons. The van der Waals surface area contributed by atoms with Gasteiger partial charge in [-0.1, -0.05) is 30.3 Å². The zero-order valence-electron chi connectivity index (χ0n) is 11.2. The molecule has 5 nitrogen and oxygen atoms in total. The maximum atomic E-state index is 11.9. The SMILES string of the molecule is COC(=O)CCC(=O)[C@H]1N=C(c2ccccc2)CC1=O. The van der Waals surface area contributed by atoms with Gasteiger partial charge in [0.25, 0.3) is 0 Å². The fourth-order valence-electron chi connectivity index (χ4n) is 2.06. The topological polar surface area (TPSA) is 72.8 Å². The lowest BCUT2D eigenvalue weighted by atomic mass is 10.0. The number of carbonyl (C=O) groups is 3. The van der Waals surface area contributed by atoms with Crippen LogP contribution in [-0.4, -0.2) is 36.4 Å². The monoisotopic (exact) mass is 273 g/mol. The summed E-state index contributed by atoms with van der Waals surface area (Å²) in [5.41, 5.74) is 1.48. The highest BCUT2D eigenvalue weighted by Crippen LogP contribution is 2.18. The van der Waals surface area contributed by atoms with Gasteiger partial charge < -0.3 is 4.74 Å². The number of hydrogen-bond acceptors (Lipinski definition) is 5. The van der Waals surface area contributed by atoms with Crippen LogP contribution < -0.4 is 0 Å². The van der Waals surface area contributed by atoms with Crippen LogP contribution in [0.25, 0.3) is 0 Å². The molecular formula is C15H15NO4. The highest BCUT2D eigenvalue weighted by Gasteiger charge is 2.32. The average Bonchev–Trinajstić information content (AvgIpc) is 2.87. The van der Waals surface area contributed by atoms with Crippen LogP contribution in [0.3, 0.4) is 0 Å². The molecule has 0 N–H and O–H groups in total. The van der Waals surface area contributed by atoms with Crippen molar-refractivity contribution < 1.29 is 19.1 Å². The summed E-state index contributed by atoms with van der Waals surface area (Å²) in [5.74, 6) is -0.999.